The number of hydrogen-bond acceptors (Lipinski definition) is 3. The standard InChI is InChI=1S/C23H20F4N4O2/c1-12-4-3-5-15(10-12)21(32)28-19-18(14-6-8-16(24)9-7-14)17-13(2)30-31(11-23(25,26)27)20(17)29-22(19)33/h3-10,18-19H,11H2,1-2H3,(H,28,32)(H,29,33)/t18-,19-/m0/s1. The molecule has 0 aliphatic carbocycles. The first-order valence-corrected chi connectivity index (χ1v) is 10.1. The van der Waals surface area contributed by atoms with Gasteiger partial charge >= 0.3 is 6.18 Å². The first-order chi connectivity index (χ1) is 15.5. The number of halogens is 4. The van der Waals surface area contributed by atoms with E-state index in [0.29, 0.717) is 21.4 Å². The van der Waals surface area contributed by atoms with Gasteiger partial charge in [-0.05, 0) is 43.7 Å². The van der Waals surface area contributed by atoms with Gasteiger partial charge in [-0.3, -0.25) is 9.59 Å². The van der Waals surface area contributed by atoms with Gasteiger partial charge in [-0.1, -0.05) is 29.8 Å². The molecule has 1 aliphatic heterocycles. The second-order valence-electron chi connectivity index (χ2n) is 7.96. The van der Waals surface area contributed by atoms with Crippen LogP contribution in [-0.2, 0) is 11.3 Å². The quantitative estimate of drug-likeness (QED) is 0.576. The van der Waals surface area contributed by atoms with E-state index >= 15 is 0 Å². The van der Waals surface area contributed by atoms with Crippen molar-refractivity contribution in [3.8, 4) is 0 Å². The average molecular weight is 460 g/mol. The highest BCUT2D eigenvalue weighted by Crippen LogP contribution is 2.40. The number of benzene rings is 2. The van der Waals surface area contributed by atoms with Crippen LogP contribution in [0.3, 0.4) is 0 Å². The van der Waals surface area contributed by atoms with Crippen LogP contribution in [0.5, 0.6) is 0 Å². The normalized spacial score (nSPS) is 17.9. The molecule has 0 saturated heterocycles. The zero-order chi connectivity index (χ0) is 23.9. The molecule has 0 spiro atoms. The fourth-order valence-electron chi connectivity index (χ4n) is 4.09. The van der Waals surface area contributed by atoms with Gasteiger partial charge in [0.1, 0.15) is 24.2 Å². The van der Waals surface area contributed by atoms with E-state index in [1.54, 1.807) is 18.2 Å². The number of anilines is 1. The Labute approximate surface area is 186 Å². The van der Waals surface area contributed by atoms with E-state index in [-0.39, 0.29) is 11.5 Å². The van der Waals surface area contributed by atoms with Gasteiger partial charge in [0.05, 0.1) is 5.69 Å². The summed E-state index contributed by atoms with van der Waals surface area (Å²) in [5, 5.41) is 9.15. The SMILES string of the molecule is Cc1cccc(C(=O)N[C@@H]2C(=O)Nc3c(c(C)nn3CC(F)(F)F)[C@@H]2c2ccc(F)cc2)c1. The Morgan fingerprint density at radius 3 is 2.48 bits per heavy atom. The Morgan fingerprint density at radius 1 is 1.15 bits per heavy atom. The number of carbonyl (C=O) groups excluding carboxylic acids is 2. The minimum atomic E-state index is -4.56. The van der Waals surface area contributed by atoms with Crippen molar-refractivity contribution in [1.82, 2.24) is 15.1 Å². The minimum absolute atomic E-state index is 0.0924. The third kappa shape index (κ3) is 4.59. The van der Waals surface area contributed by atoms with Gasteiger partial charge in [0.25, 0.3) is 5.91 Å². The topological polar surface area (TPSA) is 76.0 Å². The summed E-state index contributed by atoms with van der Waals surface area (Å²) < 4.78 is 53.5. The molecule has 3 aromatic rings. The summed E-state index contributed by atoms with van der Waals surface area (Å²) in [5.74, 6) is -2.68. The third-order valence-corrected chi connectivity index (χ3v) is 5.47. The van der Waals surface area contributed by atoms with Crippen LogP contribution in [0.2, 0.25) is 0 Å². The number of carbonyl (C=O) groups is 2. The zero-order valence-corrected chi connectivity index (χ0v) is 17.7. The van der Waals surface area contributed by atoms with E-state index in [1.165, 1.54) is 31.2 Å². The van der Waals surface area contributed by atoms with Gasteiger partial charge in [-0.25, -0.2) is 9.07 Å². The van der Waals surface area contributed by atoms with Crippen LogP contribution in [0.25, 0.3) is 0 Å². The van der Waals surface area contributed by atoms with Crippen LogP contribution in [0.15, 0.2) is 48.5 Å². The molecule has 0 bridgehead atoms. The summed E-state index contributed by atoms with van der Waals surface area (Å²) in [5.41, 5.74) is 2.23. The van der Waals surface area contributed by atoms with Gasteiger partial charge in [0.2, 0.25) is 5.91 Å². The molecule has 2 amide bonds. The molecule has 2 aromatic carbocycles. The van der Waals surface area contributed by atoms with Gasteiger partial charge in [-0.15, -0.1) is 0 Å². The fraction of sp³-hybridized carbons (Fsp3) is 0.261. The summed E-state index contributed by atoms with van der Waals surface area (Å²) in [6, 6.07) is 10.9. The number of aryl methyl sites for hydroxylation is 2. The highest BCUT2D eigenvalue weighted by molar-refractivity contribution is 6.04. The van der Waals surface area contributed by atoms with E-state index in [0.717, 1.165) is 5.56 Å². The van der Waals surface area contributed by atoms with Crippen LogP contribution < -0.4 is 10.6 Å². The number of nitrogens with one attached hydrogen (secondary N) is 2. The Balaban J connectivity index is 1.79. The van der Waals surface area contributed by atoms with Crippen molar-refractivity contribution < 1.29 is 27.2 Å². The van der Waals surface area contributed by atoms with E-state index in [4.69, 9.17) is 0 Å². The molecule has 0 fully saturated rings. The van der Waals surface area contributed by atoms with Crippen molar-refractivity contribution in [3.05, 3.63) is 82.3 Å². The van der Waals surface area contributed by atoms with Gasteiger partial charge in [0, 0.05) is 17.0 Å². The number of alkyl halides is 3. The second-order valence-corrected chi connectivity index (χ2v) is 7.96. The number of fused-ring (bicyclic) bond motifs is 1. The molecule has 0 radical (unpaired) electrons. The maximum Gasteiger partial charge on any atom is 0.408 e. The van der Waals surface area contributed by atoms with Crippen molar-refractivity contribution in [2.45, 2.75) is 38.5 Å². The Morgan fingerprint density at radius 2 is 1.85 bits per heavy atom. The summed E-state index contributed by atoms with van der Waals surface area (Å²) in [7, 11) is 0. The Hall–Kier alpha value is -3.69. The van der Waals surface area contributed by atoms with E-state index in [1.807, 2.05) is 13.0 Å². The summed E-state index contributed by atoms with van der Waals surface area (Å²) >= 11 is 0. The lowest BCUT2D eigenvalue weighted by atomic mass is 9.82. The molecule has 0 unspecified atom stereocenters. The van der Waals surface area contributed by atoms with Gasteiger partial charge in [0.15, 0.2) is 0 Å². The molecule has 2 atom stereocenters. The van der Waals surface area contributed by atoms with E-state index in [2.05, 4.69) is 15.7 Å². The minimum Gasteiger partial charge on any atom is -0.339 e. The van der Waals surface area contributed by atoms with Crippen molar-refractivity contribution in [2.75, 3.05) is 5.32 Å². The van der Waals surface area contributed by atoms with Crippen molar-refractivity contribution in [3.63, 3.8) is 0 Å². The van der Waals surface area contributed by atoms with Crippen LogP contribution in [0, 0.1) is 19.7 Å². The van der Waals surface area contributed by atoms with Crippen molar-refractivity contribution in [2.24, 2.45) is 0 Å². The molecule has 6 nitrogen and oxygen atoms in total. The summed E-state index contributed by atoms with van der Waals surface area (Å²) in [6.45, 7) is 1.95. The van der Waals surface area contributed by atoms with Gasteiger partial charge < -0.3 is 10.6 Å². The van der Waals surface area contributed by atoms with E-state index < -0.39 is 42.3 Å². The molecule has 33 heavy (non-hydrogen) atoms. The molecule has 10 heteroatoms. The summed E-state index contributed by atoms with van der Waals surface area (Å²) in [6.07, 6.45) is -4.56. The molecule has 1 aromatic heterocycles. The fourth-order valence-corrected chi connectivity index (χ4v) is 4.09. The third-order valence-electron chi connectivity index (χ3n) is 5.47. The first kappa shape index (κ1) is 22.5. The maximum atomic E-state index is 13.6. The van der Waals surface area contributed by atoms with Crippen LogP contribution in [-0.4, -0.2) is 33.8 Å². The second kappa shape index (κ2) is 8.34. The Kier molecular flexibility index (Phi) is 5.69. The van der Waals surface area contributed by atoms with Crippen LogP contribution in [0.4, 0.5) is 23.4 Å². The molecule has 1 aliphatic rings. The van der Waals surface area contributed by atoms with Crippen LogP contribution >= 0.6 is 0 Å². The summed E-state index contributed by atoms with van der Waals surface area (Å²) in [4.78, 5) is 26.0. The largest absolute Gasteiger partial charge is 0.408 e. The lowest BCUT2D eigenvalue weighted by Crippen LogP contribution is -2.50. The zero-order valence-electron chi connectivity index (χ0n) is 17.7. The molecule has 0 saturated carbocycles. The lowest BCUT2D eigenvalue weighted by molar-refractivity contribution is -0.142. The molecule has 2 N–H and O–H groups in total. The van der Waals surface area contributed by atoms with Gasteiger partial charge in [-0.2, -0.15) is 18.3 Å². The lowest BCUT2D eigenvalue weighted by Gasteiger charge is -2.33. The predicted molar refractivity (Wildman–Crippen MR) is 112 cm³/mol. The molecule has 4 rings (SSSR count). The monoisotopic (exact) mass is 460 g/mol. The number of amides is 2. The smallest absolute Gasteiger partial charge is 0.339 e. The molecule has 172 valence electrons. The Bertz CT molecular complexity index is 1220. The first-order valence-electron chi connectivity index (χ1n) is 10.1. The van der Waals surface area contributed by atoms with Crippen molar-refractivity contribution in [1.29, 1.82) is 0 Å². The predicted octanol–water partition coefficient (Wildman–Crippen LogP) is 4.08. The molecule has 2 heterocycles. The highest BCUT2D eigenvalue weighted by Gasteiger charge is 2.43. The highest BCUT2D eigenvalue weighted by atomic mass is 19.4. The number of hydrogen-bond donors (Lipinski definition) is 2. The number of aromatic nitrogens is 2. The molecular formula is C23H20F4N4O2. The van der Waals surface area contributed by atoms with Crippen molar-refractivity contribution >= 4 is 17.6 Å². The average Bonchev–Trinajstić information content (AvgIpc) is 3.02. The number of nitrogens with zero attached hydrogens (tertiary/aromatic N) is 2. The van der Waals surface area contributed by atoms with E-state index in [9.17, 15) is 27.2 Å². The molecular weight excluding hydrogens is 440 g/mol. The number of rotatable bonds is 4. The van der Waals surface area contributed by atoms with Crippen LogP contribution in [0.1, 0.15) is 38.7 Å². The maximum absolute atomic E-state index is 13.6.